The van der Waals surface area contributed by atoms with Gasteiger partial charge in [-0.15, -0.1) is 0 Å². The summed E-state index contributed by atoms with van der Waals surface area (Å²) in [7, 11) is 0. The smallest absolute Gasteiger partial charge is 0.164 e. The maximum atomic E-state index is 5.21. The molecule has 0 spiro atoms. The summed E-state index contributed by atoms with van der Waals surface area (Å²) in [6, 6.07) is 71.3. The Hall–Kier alpha value is -8.15. The first-order chi connectivity index (χ1) is 30.7. The zero-order chi connectivity index (χ0) is 41.0. The van der Waals surface area contributed by atoms with Gasteiger partial charge in [-0.1, -0.05) is 182 Å². The minimum atomic E-state index is 0.198. The first-order valence-electron chi connectivity index (χ1n) is 21.2. The average molecular weight is 794 g/mol. The van der Waals surface area contributed by atoms with Gasteiger partial charge in [0, 0.05) is 50.3 Å². The van der Waals surface area contributed by atoms with E-state index in [0.717, 1.165) is 44.8 Å². The van der Waals surface area contributed by atoms with Gasteiger partial charge in [-0.05, 0) is 64.7 Å². The molecule has 62 heavy (non-hydrogen) atoms. The second-order valence-corrected chi connectivity index (χ2v) is 16.0. The van der Waals surface area contributed by atoms with Crippen LogP contribution in [0.25, 0.3) is 83.9 Å². The summed E-state index contributed by atoms with van der Waals surface area (Å²) in [5.74, 6) is 2.19. The maximum Gasteiger partial charge on any atom is 0.164 e. The first kappa shape index (κ1) is 35.8. The van der Waals surface area contributed by atoms with Crippen LogP contribution >= 0.6 is 0 Å². The largest absolute Gasteiger partial charge is 0.333 e. The van der Waals surface area contributed by atoms with E-state index in [1.54, 1.807) is 0 Å². The van der Waals surface area contributed by atoms with E-state index >= 15 is 0 Å². The lowest BCUT2D eigenvalue weighted by Gasteiger charge is -2.29. The molecule has 10 aromatic rings. The normalized spacial score (nSPS) is 15.3. The third kappa shape index (κ3) is 6.05. The Kier molecular flexibility index (Phi) is 8.56. The molecule has 2 aliphatic rings. The lowest BCUT2D eigenvalue weighted by molar-refractivity contribution is 0.745. The molecule has 292 valence electrons. The molecule has 2 unspecified atom stereocenters. The second kappa shape index (κ2) is 14.8. The highest BCUT2D eigenvalue weighted by molar-refractivity contribution is 6.09. The number of hydrogen-bond acceptors (Lipinski definition) is 4. The Morgan fingerprint density at radius 2 is 0.919 bits per heavy atom. The Bertz CT molecular complexity index is 3310. The van der Waals surface area contributed by atoms with Crippen molar-refractivity contribution in [2.45, 2.75) is 12.0 Å². The van der Waals surface area contributed by atoms with Crippen LogP contribution in [0, 0.1) is 0 Å². The average Bonchev–Trinajstić information content (AvgIpc) is 3.87. The molecule has 0 fully saturated rings. The van der Waals surface area contributed by atoms with Crippen molar-refractivity contribution in [2.24, 2.45) is 0 Å². The molecule has 0 radical (unpaired) electrons. The van der Waals surface area contributed by atoms with Crippen LogP contribution in [0.5, 0.6) is 0 Å². The molecule has 2 atom stereocenters. The summed E-state index contributed by atoms with van der Waals surface area (Å²) in [6.45, 7) is 0. The topological polar surface area (TPSA) is 46.8 Å². The van der Waals surface area contributed by atoms with Crippen molar-refractivity contribution < 1.29 is 0 Å². The number of nitrogens with zero attached hydrogens (tertiary/aromatic N) is 5. The Balaban J connectivity index is 0.978. The van der Waals surface area contributed by atoms with E-state index in [4.69, 9.17) is 15.0 Å². The quantitative estimate of drug-likeness (QED) is 0.161. The van der Waals surface area contributed by atoms with Crippen molar-refractivity contribution in [1.29, 1.82) is 0 Å². The van der Waals surface area contributed by atoms with Gasteiger partial charge < -0.3 is 9.47 Å². The van der Waals surface area contributed by atoms with Crippen LogP contribution in [-0.4, -0.2) is 25.6 Å². The van der Waals surface area contributed by atoms with Gasteiger partial charge in [0.1, 0.15) is 0 Å². The molecule has 0 amide bonds. The number of benzene rings is 8. The summed E-state index contributed by atoms with van der Waals surface area (Å²) in [4.78, 5) is 17.9. The van der Waals surface area contributed by atoms with Crippen LogP contribution in [0.1, 0.15) is 11.5 Å². The SMILES string of the molecule is C1=CC2c3ccccc3N(c3cccc(-c4nc(-c5ccccc5)nc(-c5ccc(-c6cc(-c7ccccc7)ccc6-n6c7ccccc7c7ccccc76)cc5)n4)c3)C2C=C1. The van der Waals surface area contributed by atoms with Gasteiger partial charge in [0.15, 0.2) is 17.5 Å². The van der Waals surface area contributed by atoms with Crippen LogP contribution in [0.4, 0.5) is 11.4 Å². The Morgan fingerprint density at radius 1 is 0.371 bits per heavy atom. The van der Waals surface area contributed by atoms with Crippen LogP contribution < -0.4 is 4.90 Å². The molecule has 0 saturated carbocycles. The maximum absolute atomic E-state index is 5.21. The fraction of sp³-hybridized carbons (Fsp3) is 0.0351. The molecule has 5 heteroatoms. The highest BCUT2D eigenvalue weighted by Gasteiger charge is 2.37. The van der Waals surface area contributed by atoms with Gasteiger partial charge in [-0.3, -0.25) is 0 Å². The van der Waals surface area contributed by atoms with Gasteiger partial charge in [0.25, 0.3) is 0 Å². The minimum absolute atomic E-state index is 0.198. The number of aromatic nitrogens is 4. The number of hydrogen-bond donors (Lipinski definition) is 0. The van der Waals surface area contributed by atoms with E-state index in [1.165, 1.54) is 38.6 Å². The lowest BCUT2D eigenvalue weighted by atomic mass is 9.91. The molecule has 1 aliphatic heterocycles. The number of allylic oxidation sites excluding steroid dienone is 2. The van der Waals surface area contributed by atoms with Crippen LogP contribution in [0.2, 0.25) is 0 Å². The van der Waals surface area contributed by atoms with E-state index in [0.29, 0.717) is 23.4 Å². The molecule has 0 bridgehead atoms. The third-order valence-corrected chi connectivity index (χ3v) is 12.4. The van der Waals surface area contributed by atoms with Crippen molar-refractivity contribution in [3.05, 3.63) is 230 Å². The highest BCUT2D eigenvalue weighted by Crippen LogP contribution is 2.48. The van der Waals surface area contributed by atoms with Gasteiger partial charge in [0.05, 0.1) is 22.8 Å². The first-order valence-corrected chi connectivity index (χ1v) is 21.2. The molecule has 0 saturated heterocycles. The molecule has 12 rings (SSSR count). The third-order valence-electron chi connectivity index (χ3n) is 12.4. The van der Waals surface area contributed by atoms with E-state index in [-0.39, 0.29) is 6.04 Å². The van der Waals surface area contributed by atoms with Gasteiger partial charge >= 0.3 is 0 Å². The van der Waals surface area contributed by atoms with Crippen molar-refractivity contribution in [2.75, 3.05) is 4.90 Å². The summed E-state index contributed by atoms with van der Waals surface area (Å²) < 4.78 is 2.41. The predicted octanol–water partition coefficient (Wildman–Crippen LogP) is 14.0. The number of para-hydroxylation sites is 3. The monoisotopic (exact) mass is 793 g/mol. The molecular formula is C57H39N5. The van der Waals surface area contributed by atoms with Crippen molar-refractivity contribution in [1.82, 2.24) is 19.5 Å². The summed E-state index contributed by atoms with van der Waals surface area (Å²) in [6.07, 6.45) is 8.94. The fourth-order valence-electron chi connectivity index (χ4n) is 9.49. The molecule has 5 nitrogen and oxygen atoms in total. The number of anilines is 2. The summed E-state index contributed by atoms with van der Waals surface area (Å²) in [5.41, 5.74) is 14.5. The Labute approximate surface area is 360 Å². The fourth-order valence-corrected chi connectivity index (χ4v) is 9.49. The number of fused-ring (bicyclic) bond motifs is 6. The van der Waals surface area contributed by atoms with Crippen LogP contribution in [0.3, 0.4) is 0 Å². The van der Waals surface area contributed by atoms with Crippen molar-refractivity contribution in [3.8, 4) is 62.1 Å². The zero-order valence-electron chi connectivity index (χ0n) is 33.8. The van der Waals surface area contributed by atoms with Crippen molar-refractivity contribution >= 4 is 33.2 Å². The van der Waals surface area contributed by atoms with Crippen molar-refractivity contribution in [3.63, 3.8) is 0 Å². The lowest BCUT2D eigenvalue weighted by Crippen LogP contribution is -2.28. The molecule has 2 aromatic heterocycles. The molecule has 0 N–H and O–H groups in total. The minimum Gasteiger partial charge on any atom is -0.333 e. The van der Waals surface area contributed by atoms with E-state index < -0.39 is 0 Å². The number of rotatable bonds is 7. The van der Waals surface area contributed by atoms with Gasteiger partial charge in [-0.2, -0.15) is 0 Å². The predicted molar refractivity (Wildman–Crippen MR) is 255 cm³/mol. The van der Waals surface area contributed by atoms with E-state index in [1.807, 2.05) is 18.2 Å². The van der Waals surface area contributed by atoms with Gasteiger partial charge in [-0.25, -0.2) is 15.0 Å². The standard InChI is InChI=1S/C57H39N5/c1-3-16-38(17-4-1)42-34-35-54(62-52-28-13-9-24-47(52)48-25-10-14-29-53(48)62)49(37-42)39-30-32-41(33-31-39)56-58-55(40-18-5-2-6-19-40)59-57(60-56)43-20-15-21-44(36-43)61-50-26-11-7-22-45(50)46-23-8-12-27-51(46)61/h1-37,45,50H. The Morgan fingerprint density at radius 3 is 1.65 bits per heavy atom. The van der Waals surface area contributed by atoms with Crippen LogP contribution in [0.15, 0.2) is 224 Å². The summed E-state index contributed by atoms with van der Waals surface area (Å²) >= 11 is 0. The van der Waals surface area contributed by atoms with E-state index in [9.17, 15) is 0 Å². The molecule has 3 heterocycles. The molecule has 1 aliphatic carbocycles. The van der Waals surface area contributed by atoms with E-state index in [2.05, 4.69) is 216 Å². The zero-order valence-corrected chi connectivity index (χ0v) is 33.8. The van der Waals surface area contributed by atoms with Crippen LogP contribution in [-0.2, 0) is 0 Å². The second-order valence-electron chi connectivity index (χ2n) is 16.0. The molecular weight excluding hydrogens is 755 g/mol. The summed E-state index contributed by atoms with van der Waals surface area (Å²) in [5, 5.41) is 2.47. The molecule has 8 aromatic carbocycles. The van der Waals surface area contributed by atoms with Gasteiger partial charge in [0.2, 0.25) is 0 Å². The highest BCUT2D eigenvalue weighted by atomic mass is 15.2.